The molecule has 1 heterocycles. The van der Waals surface area contributed by atoms with E-state index in [0.717, 1.165) is 41.5 Å². The van der Waals surface area contributed by atoms with E-state index in [1.165, 1.54) is 19.3 Å². The molecule has 2 aromatic carbocycles. The summed E-state index contributed by atoms with van der Waals surface area (Å²) in [5.74, 6) is -0.909. The van der Waals surface area contributed by atoms with Gasteiger partial charge in [-0.1, -0.05) is 62.4 Å². The molecule has 0 unspecified atom stereocenters. The lowest BCUT2D eigenvalue weighted by Crippen LogP contribution is -2.47. The van der Waals surface area contributed by atoms with E-state index in [2.05, 4.69) is 10.0 Å². The Morgan fingerprint density at radius 1 is 0.976 bits per heavy atom. The molecule has 0 saturated heterocycles. The Morgan fingerprint density at radius 2 is 1.63 bits per heavy atom. The molecule has 0 radical (unpaired) electrons. The standard InChI is InChI=1S/C32H41N3O5S/c1-32(2,3)34-41(39,40)29-15-14-24(23-12-8-9-13-25(23)29)26-19-28(30(36)33-22-17-21(18-22)31(37)38)35(4)27(26)16-20-10-6-5-7-11-20/h8-9,12-15,19-22,34H,5-7,10-11,16-18H2,1-4H3,(H,33,36)(H,37,38)/t21-,22-. The van der Waals surface area contributed by atoms with Crippen molar-refractivity contribution in [2.75, 3.05) is 0 Å². The number of sulfonamides is 1. The summed E-state index contributed by atoms with van der Waals surface area (Å²) >= 11 is 0. The Bertz CT molecular complexity index is 1570. The third-order valence-electron chi connectivity index (χ3n) is 8.52. The van der Waals surface area contributed by atoms with Crippen LogP contribution in [0.1, 0.15) is 81.9 Å². The fourth-order valence-electron chi connectivity index (χ4n) is 6.40. The lowest BCUT2D eigenvalue weighted by atomic mass is 9.80. The van der Waals surface area contributed by atoms with Crippen LogP contribution in [0.3, 0.4) is 0 Å². The maximum Gasteiger partial charge on any atom is 0.306 e. The van der Waals surface area contributed by atoms with Crippen LogP contribution in [0.5, 0.6) is 0 Å². The molecular weight excluding hydrogens is 538 g/mol. The highest BCUT2D eigenvalue weighted by atomic mass is 32.2. The van der Waals surface area contributed by atoms with Crippen molar-refractivity contribution in [1.82, 2.24) is 14.6 Å². The van der Waals surface area contributed by atoms with Crippen molar-refractivity contribution >= 4 is 32.7 Å². The van der Waals surface area contributed by atoms with Gasteiger partial charge >= 0.3 is 5.97 Å². The molecule has 3 N–H and O–H groups in total. The molecule has 2 fully saturated rings. The number of hydrogen-bond donors (Lipinski definition) is 3. The normalized spacial score (nSPS) is 20.1. The molecule has 2 aliphatic carbocycles. The number of fused-ring (bicyclic) bond motifs is 1. The Labute approximate surface area is 242 Å². The van der Waals surface area contributed by atoms with Gasteiger partial charge in [-0.2, -0.15) is 0 Å². The minimum absolute atomic E-state index is 0.149. The van der Waals surface area contributed by atoms with Crippen molar-refractivity contribution in [3.63, 3.8) is 0 Å². The molecule has 0 spiro atoms. The van der Waals surface area contributed by atoms with Crippen molar-refractivity contribution in [3.05, 3.63) is 53.9 Å². The van der Waals surface area contributed by atoms with Gasteiger partial charge in [0, 0.05) is 35.3 Å². The van der Waals surface area contributed by atoms with Gasteiger partial charge in [0.1, 0.15) is 5.69 Å². The second-order valence-corrected chi connectivity index (χ2v) is 14.5. The van der Waals surface area contributed by atoms with E-state index in [0.29, 0.717) is 29.8 Å². The van der Waals surface area contributed by atoms with Crippen LogP contribution < -0.4 is 10.0 Å². The molecule has 220 valence electrons. The zero-order chi connectivity index (χ0) is 29.5. The molecule has 1 amide bonds. The number of carbonyl (C=O) groups is 2. The highest BCUT2D eigenvalue weighted by Gasteiger charge is 2.36. The lowest BCUT2D eigenvalue weighted by Gasteiger charge is -2.32. The van der Waals surface area contributed by atoms with E-state index in [1.807, 2.05) is 68.8 Å². The number of amides is 1. The van der Waals surface area contributed by atoms with Crippen LogP contribution in [0, 0.1) is 11.8 Å². The Kier molecular flexibility index (Phi) is 8.05. The van der Waals surface area contributed by atoms with Crippen molar-refractivity contribution in [1.29, 1.82) is 0 Å². The fraction of sp³-hybridized carbons (Fsp3) is 0.500. The van der Waals surface area contributed by atoms with E-state index in [4.69, 9.17) is 0 Å². The van der Waals surface area contributed by atoms with Gasteiger partial charge in [0.15, 0.2) is 0 Å². The zero-order valence-electron chi connectivity index (χ0n) is 24.4. The summed E-state index contributed by atoms with van der Waals surface area (Å²) in [6.45, 7) is 5.46. The summed E-state index contributed by atoms with van der Waals surface area (Å²) in [7, 11) is -1.85. The number of rotatable bonds is 8. The first-order chi connectivity index (χ1) is 19.3. The number of carboxylic acid groups (broad SMARTS) is 1. The Morgan fingerprint density at radius 3 is 2.27 bits per heavy atom. The number of nitrogens with one attached hydrogen (secondary N) is 2. The van der Waals surface area contributed by atoms with Gasteiger partial charge in [0.25, 0.3) is 5.91 Å². The predicted octanol–water partition coefficient (Wildman–Crippen LogP) is 5.64. The Hall–Kier alpha value is -3.17. The second kappa shape index (κ2) is 11.2. The summed E-state index contributed by atoms with van der Waals surface area (Å²) in [5.41, 5.74) is 2.79. The minimum Gasteiger partial charge on any atom is -0.481 e. The molecular formula is C32H41N3O5S. The van der Waals surface area contributed by atoms with Crippen LogP contribution in [0.2, 0.25) is 0 Å². The van der Waals surface area contributed by atoms with Crippen molar-refractivity contribution in [2.45, 2.75) is 88.6 Å². The largest absolute Gasteiger partial charge is 0.481 e. The first kappa shape index (κ1) is 29.3. The molecule has 5 rings (SSSR count). The number of nitrogens with zero attached hydrogens (tertiary/aromatic N) is 1. The van der Waals surface area contributed by atoms with Crippen molar-refractivity contribution < 1.29 is 23.1 Å². The zero-order valence-corrected chi connectivity index (χ0v) is 25.2. The molecule has 0 bridgehead atoms. The van der Waals surface area contributed by atoms with Gasteiger partial charge in [-0.05, 0) is 69.0 Å². The summed E-state index contributed by atoms with van der Waals surface area (Å²) in [6, 6.07) is 12.8. The topological polar surface area (TPSA) is 118 Å². The van der Waals surface area contributed by atoms with Crippen LogP contribution in [-0.4, -0.2) is 41.5 Å². The van der Waals surface area contributed by atoms with Crippen LogP contribution in [0.15, 0.2) is 47.4 Å². The maximum absolute atomic E-state index is 13.4. The third-order valence-corrected chi connectivity index (χ3v) is 10.3. The van der Waals surface area contributed by atoms with Gasteiger partial charge in [-0.3, -0.25) is 9.59 Å². The van der Waals surface area contributed by atoms with Crippen LogP contribution in [-0.2, 0) is 28.3 Å². The second-order valence-electron chi connectivity index (χ2n) is 12.8. The molecule has 2 saturated carbocycles. The molecule has 0 atom stereocenters. The van der Waals surface area contributed by atoms with Gasteiger partial charge in [-0.15, -0.1) is 0 Å². The number of aliphatic carboxylic acids is 1. The highest BCUT2D eigenvalue weighted by molar-refractivity contribution is 7.89. The van der Waals surface area contributed by atoms with E-state index in [-0.39, 0.29) is 16.8 Å². The number of carbonyl (C=O) groups excluding carboxylic acids is 1. The summed E-state index contributed by atoms with van der Waals surface area (Å²) < 4.78 is 31.5. The van der Waals surface area contributed by atoms with E-state index >= 15 is 0 Å². The molecule has 3 aromatic rings. The van der Waals surface area contributed by atoms with Gasteiger partial charge in [0.2, 0.25) is 10.0 Å². The molecule has 2 aliphatic rings. The predicted molar refractivity (Wildman–Crippen MR) is 160 cm³/mol. The number of aromatic nitrogens is 1. The summed E-state index contributed by atoms with van der Waals surface area (Å²) in [5, 5.41) is 13.7. The quantitative estimate of drug-likeness (QED) is 0.319. The van der Waals surface area contributed by atoms with E-state index in [9.17, 15) is 23.1 Å². The van der Waals surface area contributed by atoms with Crippen molar-refractivity contribution in [3.8, 4) is 11.1 Å². The molecule has 8 nitrogen and oxygen atoms in total. The van der Waals surface area contributed by atoms with Crippen LogP contribution >= 0.6 is 0 Å². The molecule has 9 heteroatoms. The van der Waals surface area contributed by atoms with Gasteiger partial charge in [-0.25, -0.2) is 13.1 Å². The number of carboxylic acids is 1. The third kappa shape index (κ3) is 6.21. The van der Waals surface area contributed by atoms with Crippen LogP contribution in [0.25, 0.3) is 21.9 Å². The Balaban J connectivity index is 1.57. The lowest BCUT2D eigenvalue weighted by molar-refractivity contribution is -0.145. The minimum atomic E-state index is -3.77. The van der Waals surface area contributed by atoms with Crippen LogP contribution in [0.4, 0.5) is 0 Å². The maximum atomic E-state index is 13.4. The smallest absolute Gasteiger partial charge is 0.306 e. The van der Waals surface area contributed by atoms with E-state index in [1.54, 1.807) is 6.07 Å². The highest BCUT2D eigenvalue weighted by Crippen LogP contribution is 2.39. The fourth-order valence-corrected chi connectivity index (χ4v) is 8.03. The monoisotopic (exact) mass is 579 g/mol. The average Bonchev–Trinajstić information content (AvgIpc) is 3.19. The van der Waals surface area contributed by atoms with Gasteiger partial charge in [0.05, 0.1) is 10.8 Å². The first-order valence-electron chi connectivity index (χ1n) is 14.6. The number of hydrogen-bond acceptors (Lipinski definition) is 4. The summed E-state index contributed by atoms with van der Waals surface area (Å²) in [4.78, 5) is 24.9. The summed E-state index contributed by atoms with van der Waals surface area (Å²) in [6.07, 6.45) is 7.70. The van der Waals surface area contributed by atoms with E-state index < -0.39 is 27.4 Å². The number of benzene rings is 2. The first-order valence-corrected chi connectivity index (χ1v) is 16.1. The SMILES string of the molecule is Cn1c(C(=O)N[C@H]2C[C@H](C(=O)O)C2)cc(-c2ccc(S(=O)(=O)NC(C)(C)C)c3ccccc23)c1CC1CCCCC1. The average molecular weight is 580 g/mol. The molecule has 0 aliphatic heterocycles. The molecule has 1 aromatic heterocycles. The molecule has 41 heavy (non-hydrogen) atoms. The van der Waals surface area contributed by atoms with Gasteiger partial charge < -0.3 is 15.0 Å². The van der Waals surface area contributed by atoms with Crippen molar-refractivity contribution in [2.24, 2.45) is 18.9 Å².